The Balaban J connectivity index is 2.86. The third kappa shape index (κ3) is 1.45. The molecule has 1 saturated heterocycles. The van der Waals surface area contributed by atoms with Crippen LogP contribution < -0.4 is 0 Å². The number of hydrogen-bond donors (Lipinski definition) is 0. The Bertz CT molecular complexity index is 192. The number of rotatable bonds is 0. The third-order valence-electron chi connectivity index (χ3n) is 1.41. The molecule has 0 spiro atoms. The summed E-state index contributed by atoms with van der Waals surface area (Å²) < 4.78 is 12.5. The normalized spacial score (nSPS) is 32.9. The molecule has 2 unspecified atom stereocenters. The van der Waals surface area contributed by atoms with Gasteiger partial charge in [-0.25, -0.2) is 0 Å². The Kier molecular flexibility index (Phi) is 2.58. The molecule has 0 aliphatic carbocycles. The first kappa shape index (κ1) is 8.34. The second-order valence-corrected chi connectivity index (χ2v) is 5.80. The molecule has 1 fully saturated rings. The summed E-state index contributed by atoms with van der Waals surface area (Å²) in [4.78, 5) is 0. The highest BCUT2D eigenvalue weighted by molar-refractivity contribution is 8.19. The minimum atomic E-state index is -0.693. The summed E-state index contributed by atoms with van der Waals surface area (Å²) in [5.41, 5.74) is 1.22. The molecule has 0 aromatic carbocycles. The lowest BCUT2D eigenvalue weighted by atomic mass is 10.4. The summed E-state index contributed by atoms with van der Waals surface area (Å²) in [6.45, 7) is 6.09. The van der Waals surface area contributed by atoms with E-state index in [4.69, 9.17) is 0 Å². The Morgan fingerprint density at radius 1 is 1.70 bits per heavy atom. The van der Waals surface area contributed by atoms with Gasteiger partial charge in [0.15, 0.2) is 0 Å². The van der Waals surface area contributed by atoms with Crippen molar-refractivity contribution in [2.24, 2.45) is 0 Å². The van der Waals surface area contributed by atoms with Gasteiger partial charge in [0.1, 0.15) is 0 Å². The van der Waals surface area contributed by atoms with Gasteiger partial charge in [-0.1, -0.05) is 5.57 Å². The van der Waals surface area contributed by atoms with Crippen molar-refractivity contribution >= 4 is 22.6 Å². The molecular formula is C7H12OS2. The van der Waals surface area contributed by atoms with Crippen LogP contribution in [0.25, 0.3) is 0 Å². The first-order valence-corrected chi connectivity index (χ1v) is 5.53. The highest BCUT2D eigenvalue weighted by Gasteiger charge is 2.25. The number of allylic oxidation sites excluding steroid dienone is 1. The van der Waals surface area contributed by atoms with Gasteiger partial charge in [-0.15, -0.1) is 11.8 Å². The Hall–Kier alpha value is 0.240. The van der Waals surface area contributed by atoms with Gasteiger partial charge < -0.3 is 0 Å². The van der Waals surface area contributed by atoms with E-state index in [-0.39, 0.29) is 0 Å². The van der Waals surface area contributed by atoms with Crippen LogP contribution >= 0.6 is 11.8 Å². The zero-order valence-corrected chi connectivity index (χ0v) is 8.14. The Labute approximate surface area is 68.7 Å². The molecule has 1 aliphatic rings. The summed E-state index contributed by atoms with van der Waals surface area (Å²) in [6, 6.07) is 0. The molecule has 58 valence electrons. The second kappa shape index (κ2) is 3.09. The molecule has 0 amide bonds. The van der Waals surface area contributed by atoms with E-state index in [2.05, 4.69) is 0 Å². The molecule has 0 saturated carbocycles. The van der Waals surface area contributed by atoms with Crippen LogP contribution in [0.15, 0.2) is 9.81 Å². The predicted molar refractivity (Wildman–Crippen MR) is 48.4 cm³/mol. The van der Waals surface area contributed by atoms with Crippen LogP contribution in [0, 0.1) is 0 Å². The molecule has 0 radical (unpaired) electrons. The number of thioether (sulfide) groups is 1. The molecule has 1 nitrogen and oxygen atoms in total. The van der Waals surface area contributed by atoms with Crippen molar-refractivity contribution in [3.05, 3.63) is 9.81 Å². The van der Waals surface area contributed by atoms with Crippen molar-refractivity contribution in [2.45, 2.75) is 26.0 Å². The van der Waals surface area contributed by atoms with Gasteiger partial charge in [-0.3, -0.25) is 4.21 Å². The summed E-state index contributed by atoms with van der Waals surface area (Å²) >= 11 is 1.75. The first-order valence-electron chi connectivity index (χ1n) is 3.33. The molecule has 0 bridgehead atoms. The molecule has 0 aromatic rings. The highest BCUT2D eigenvalue weighted by Crippen LogP contribution is 2.34. The van der Waals surface area contributed by atoms with Crippen molar-refractivity contribution in [1.82, 2.24) is 0 Å². The average Bonchev–Trinajstić information content (AvgIpc) is 2.14. The standard InChI is InChI=1S/C7H12OS2/c1-5(2)7-9-4-6(3)10(7)8/h6H,4H2,1-3H3. The van der Waals surface area contributed by atoms with E-state index >= 15 is 0 Å². The van der Waals surface area contributed by atoms with Crippen molar-refractivity contribution in [3.8, 4) is 0 Å². The maximum Gasteiger partial charge on any atom is 0.0705 e. The minimum absolute atomic E-state index is 0.356. The summed E-state index contributed by atoms with van der Waals surface area (Å²) in [6.07, 6.45) is 0. The Morgan fingerprint density at radius 2 is 2.30 bits per heavy atom. The maximum absolute atomic E-state index is 11.4. The van der Waals surface area contributed by atoms with Crippen molar-refractivity contribution < 1.29 is 4.21 Å². The lowest BCUT2D eigenvalue weighted by Gasteiger charge is -1.97. The van der Waals surface area contributed by atoms with E-state index in [0.717, 1.165) is 9.99 Å². The zero-order chi connectivity index (χ0) is 7.72. The molecule has 2 atom stereocenters. The summed E-state index contributed by atoms with van der Waals surface area (Å²) in [7, 11) is -0.693. The van der Waals surface area contributed by atoms with E-state index < -0.39 is 10.8 Å². The predicted octanol–water partition coefficient (Wildman–Crippen LogP) is 2.12. The smallest absolute Gasteiger partial charge is 0.0705 e. The molecule has 0 N–H and O–H groups in total. The fourth-order valence-electron chi connectivity index (χ4n) is 0.841. The fraction of sp³-hybridized carbons (Fsp3) is 0.714. The third-order valence-corrected chi connectivity index (χ3v) is 5.47. The number of hydrogen-bond acceptors (Lipinski definition) is 2. The monoisotopic (exact) mass is 176 g/mol. The molecule has 10 heavy (non-hydrogen) atoms. The van der Waals surface area contributed by atoms with Crippen LogP contribution in [0.5, 0.6) is 0 Å². The lowest BCUT2D eigenvalue weighted by molar-refractivity contribution is 0.683. The maximum atomic E-state index is 11.4. The van der Waals surface area contributed by atoms with Crippen molar-refractivity contribution in [3.63, 3.8) is 0 Å². The van der Waals surface area contributed by atoms with Gasteiger partial charge in [0.05, 0.1) is 15.0 Å². The fourth-order valence-corrected chi connectivity index (χ4v) is 4.14. The van der Waals surface area contributed by atoms with Crippen LogP contribution in [0.2, 0.25) is 0 Å². The molecule has 1 heterocycles. The van der Waals surface area contributed by atoms with E-state index in [9.17, 15) is 4.21 Å². The van der Waals surface area contributed by atoms with Crippen LogP contribution in [0.1, 0.15) is 20.8 Å². The molecule has 1 aliphatic heterocycles. The topological polar surface area (TPSA) is 17.1 Å². The van der Waals surface area contributed by atoms with Gasteiger partial charge in [-0.05, 0) is 20.8 Å². The van der Waals surface area contributed by atoms with Gasteiger partial charge in [0, 0.05) is 11.0 Å². The summed E-state index contributed by atoms with van der Waals surface area (Å²) in [5, 5.41) is 0.356. The van der Waals surface area contributed by atoms with Gasteiger partial charge in [0.25, 0.3) is 0 Å². The van der Waals surface area contributed by atoms with E-state index in [1.165, 1.54) is 5.57 Å². The van der Waals surface area contributed by atoms with Crippen molar-refractivity contribution in [1.29, 1.82) is 0 Å². The van der Waals surface area contributed by atoms with Crippen LogP contribution in [0.3, 0.4) is 0 Å². The van der Waals surface area contributed by atoms with Crippen LogP contribution in [-0.4, -0.2) is 15.2 Å². The Morgan fingerprint density at radius 3 is 2.50 bits per heavy atom. The van der Waals surface area contributed by atoms with E-state index in [0.29, 0.717) is 5.25 Å². The minimum Gasteiger partial charge on any atom is -0.254 e. The van der Waals surface area contributed by atoms with E-state index in [1.807, 2.05) is 20.8 Å². The van der Waals surface area contributed by atoms with Gasteiger partial charge in [0.2, 0.25) is 0 Å². The van der Waals surface area contributed by atoms with Gasteiger partial charge in [-0.2, -0.15) is 0 Å². The summed E-state index contributed by atoms with van der Waals surface area (Å²) in [5.74, 6) is 1.02. The SMILES string of the molecule is CC(C)=C1SCC(C)S1=O. The zero-order valence-electron chi connectivity index (χ0n) is 6.51. The average molecular weight is 176 g/mol. The first-order chi connectivity index (χ1) is 4.63. The molecular weight excluding hydrogens is 164 g/mol. The molecule has 3 heteroatoms. The molecule has 1 rings (SSSR count). The van der Waals surface area contributed by atoms with Crippen LogP contribution in [0.4, 0.5) is 0 Å². The second-order valence-electron chi connectivity index (χ2n) is 2.71. The van der Waals surface area contributed by atoms with E-state index in [1.54, 1.807) is 11.8 Å². The lowest BCUT2D eigenvalue weighted by Crippen LogP contribution is -2.04. The largest absolute Gasteiger partial charge is 0.254 e. The van der Waals surface area contributed by atoms with Crippen LogP contribution in [-0.2, 0) is 10.8 Å². The highest BCUT2D eigenvalue weighted by atomic mass is 32.2. The van der Waals surface area contributed by atoms with Crippen molar-refractivity contribution in [2.75, 3.05) is 5.75 Å². The molecule has 0 aromatic heterocycles. The quantitative estimate of drug-likeness (QED) is 0.562. The van der Waals surface area contributed by atoms with Gasteiger partial charge >= 0.3 is 0 Å².